The first kappa shape index (κ1) is 17.0. The van der Waals surface area contributed by atoms with Crippen molar-refractivity contribution in [3.05, 3.63) is 41.7 Å². The molecule has 0 bridgehead atoms. The first-order valence-corrected chi connectivity index (χ1v) is 7.99. The Kier molecular flexibility index (Phi) is 5.03. The largest absolute Gasteiger partial charge is 0.367 e. The van der Waals surface area contributed by atoms with Gasteiger partial charge >= 0.3 is 0 Å². The Morgan fingerprint density at radius 2 is 2.24 bits per heavy atom. The molecule has 9 heteroatoms. The van der Waals surface area contributed by atoms with Crippen LogP contribution < -0.4 is 5.32 Å². The van der Waals surface area contributed by atoms with Crippen LogP contribution in [0.1, 0.15) is 35.0 Å². The molecule has 1 aliphatic heterocycles. The molecule has 1 fully saturated rings. The van der Waals surface area contributed by atoms with E-state index in [-0.39, 0.29) is 24.5 Å². The Morgan fingerprint density at radius 3 is 2.96 bits per heavy atom. The molecule has 0 saturated carbocycles. The van der Waals surface area contributed by atoms with Crippen LogP contribution >= 0.6 is 0 Å². The van der Waals surface area contributed by atoms with E-state index in [9.17, 15) is 9.59 Å². The van der Waals surface area contributed by atoms with E-state index >= 15 is 0 Å². The molecule has 3 heterocycles. The van der Waals surface area contributed by atoms with Gasteiger partial charge in [0.25, 0.3) is 5.91 Å². The number of ether oxygens (including phenoxy) is 1. The summed E-state index contributed by atoms with van der Waals surface area (Å²) in [6.07, 6.45) is 2.98. The number of aromatic nitrogens is 4. The fourth-order valence-corrected chi connectivity index (χ4v) is 2.56. The molecule has 0 spiro atoms. The summed E-state index contributed by atoms with van der Waals surface area (Å²) in [5, 5.41) is 6.83. The number of morpholine rings is 1. The molecule has 1 saturated heterocycles. The first-order chi connectivity index (χ1) is 12.0. The Hall–Kier alpha value is -2.81. The molecule has 1 atom stereocenters. The van der Waals surface area contributed by atoms with Gasteiger partial charge in [0.15, 0.2) is 5.82 Å². The second kappa shape index (κ2) is 7.39. The zero-order valence-corrected chi connectivity index (χ0v) is 14.2. The van der Waals surface area contributed by atoms with Crippen molar-refractivity contribution >= 4 is 11.8 Å². The summed E-state index contributed by atoms with van der Waals surface area (Å²) in [5.74, 6) is 0.250. The molecule has 2 aromatic rings. The second-order valence-electron chi connectivity index (χ2n) is 5.79. The van der Waals surface area contributed by atoms with Gasteiger partial charge in [-0.05, 0) is 12.1 Å². The SMILES string of the molecule is CC(=O)N1CCO[C@@H](c2nccc(CNC(=O)c3ccn(C)n3)n2)C1. The molecule has 25 heavy (non-hydrogen) atoms. The number of nitrogens with one attached hydrogen (secondary N) is 1. The van der Waals surface area contributed by atoms with Crippen LogP contribution in [0.5, 0.6) is 0 Å². The molecular weight excluding hydrogens is 324 g/mol. The van der Waals surface area contributed by atoms with Crippen molar-refractivity contribution in [2.45, 2.75) is 19.6 Å². The molecule has 1 N–H and O–H groups in total. The number of hydrogen-bond donors (Lipinski definition) is 1. The van der Waals surface area contributed by atoms with E-state index in [0.717, 1.165) is 0 Å². The zero-order chi connectivity index (χ0) is 17.8. The van der Waals surface area contributed by atoms with E-state index in [1.807, 2.05) is 0 Å². The monoisotopic (exact) mass is 344 g/mol. The van der Waals surface area contributed by atoms with E-state index in [0.29, 0.717) is 36.9 Å². The Morgan fingerprint density at radius 1 is 1.40 bits per heavy atom. The quantitative estimate of drug-likeness (QED) is 0.841. The van der Waals surface area contributed by atoms with Gasteiger partial charge in [-0.25, -0.2) is 9.97 Å². The Bertz CT molecular complexity index is 775. The smallest absolute Gasteiger partial charge is 0.272 e. The van der Waals surface area contributed by atoms with E-state index in [1.165, 1.54) is 6.92 Å². The van der Waals surface area contributed by atoms with Gasteiger partial charge in [-0.15, -0.1) is 0 Å². The lowest BCUT2D eigenvalue weighted by Crippen LogP contribution is -2.41. The molecule has 2 aromatic heterocycles. The number of aryl methyl sites for hydroxylation is 1. The molecule has 2 amide bonds. The summed E-state index contributed by atoms with van der Waals surface area (Å²) in [6, 6.07) is 3.38. The molecule has 3 rings (SSSR count). The predicted molar refractivity (Wildman–Crippen MR) is 87.4 cm³/mol. The van der Waals surface area contributed by atoms with Crippen molar-refractivity contribution in [2.75, 3.05) is 19.7 Å². The van der Waals surface area contributed by atoms with E-state index in [2.05, 4.69) is 20.4 Å². The maximum Gasteiger partial charge on any atom is 0.272 e. The molecule has 9 nitrogen and oxygen atoms in total. The topological polar surface area (TPSA) is 102 Å². The number of carbonyl (C=O) groups excluding carboxylic acids is 2. The first-order valence-electron chi connectivity index (χ1n) is 7.99. The summed E-state index contributed by atoms with van der Waals surface area (Å²) >= 11 is 0. The standard InChI is InChI=1S/C16H20N6O3/c1-11(23)22-7-8-25-14(10-22)15-17-5-3-12(19-15)9-18-16(24)13-4-6-21(2)20-13/h3-6,14H,7-10H2,1-2H3,(H,18,24)/t14-/m1/s1. The predicted octanol–water partition coefficient (Wildman–Crippen LogP) is 0.0599. The minimum Gasteiger partial charge on any atom is -0.367 e. The van der Waals surface area contributed by atoms with Gasteiger partial charge < -0.3 is 15.0 Å². The third-order valence-electron chi connectivity index (χ3n) is 3.91. The second-order valence-corrected chi connectivity index (χ2v) is 5.79. The summed E-state index contributed by atoms with van der Waals surface area (Å²) < 4.78 is 7.25. The van der Waals surface area contributed by atoms with Gasteiger partial charge in [0.05, 0.1) is 25.4 Å². The van der Waals surface area contributed by atoms with Crippen LogP contribution in [0.3, 0.4) is 0 Å². The zero-order valence-electron chi connectivity index (χ0n) is 14.2. The van der Waals surface area contributed by atoms with E-state index in [4.69, 9.17) is 4.74 Å². The summed E-state index contributed by atoms with van der Waals surface area (Å²) in [6.45, 7) is 3.25. The molecule has 0 aromatic carbocycles. The average molecular weight is 344 g/mol. The maximum atomic E-state index is 12.0. The highest BCUT2D eigenvalue weighted by Crippen LogP contribution is 2.19. The molecular formula is C16H20N6O3. The fourth-order valence-electron chi connectivity index (χ4n) is 2.56. The summed E-state index contributed by atoms with van der Waals surface area (Å²) in [4.78, 5) is 34.0. The molecule has 132 valence electrons. The molecule has 1 aliphatic rings. The van der Waals surface area contributed by atoms with Gasteiger partial charge in [0.1, 0.15) is 11.8 Å². The Labute approximate surface area is 145 Å². The Balaban J connectivity index is 1.63. The number of hydrogen-bond acceptors (Lipinski definition) is 6. The van der Waals surface area contributed by atoms with Crippen molar-refractivity contribution in [1.29, 1.82) is 0 Å². The highest BCUT2D eigenvalue weighted by Gasteiger charge is 2.25. The van der Waals surface area contributed by atoms with Gasteiger partial charge in [-0.2, -0.15) is 5.10 Å². The number of carbonyl (C=O) groups is 2. The van der Waals surface area contributed by atoms with Crippen LogP contribution in [-0.4, -0.2) is 56.2 Å². The van der Waals surface area contributed by atoms with Crippen molar-refractivity contribution in [3.63, 3.8) is 0 Å². The van der Waals surface area contributed by atoms with Crippen LogP contribution in [0.2, 0.25) is 0 Å². The van der Waals surface area contributed by atoms with Gasteiger partial charge in [0.2, 0.25) is 5.91 Å². The number of rotatable bonds is 4. The normalized spacial score (nSPS) is 17.4. The summed E-state index contributed by atoms with van der Waals surface area (Å²) in [7, 11) is 1.75. The van der Waals surface area contributed by atoms with Crippen LogP contribution in [0, 0.1) is 0 Å². The lowest BCUT2D eigenvalue weighted by molar-refractivity contribution is -0.136. The minimum atomic E-state index is -0.357. The van der Waals surface area contributed by atoms with Crippen molar-refractivity contribution in [1.82, 2.24) is 30.0 Å². The lowest BCUT2D eigenvalue weighted by Gasteiger charge is -2.31. The highest BCUT2D eigenvalue weighted by molar-refractivity contribution is 5.92. The highest BCUT2D eigenvalue weighted by atomic mass is 16.5. The van der Waals surface area contributed by atoms with Crippen molar-refractivity contribution in [3.8, 4) is 0 Å². The fraction of sp³-hybridized carbons (Fsp3) is 0.438. The molecule has 0 unspecified atom stereocenters. The third kappa shape index (κ3) is 4.18. The van der Waals surface area contributed by atoms with Gasteiger partial charge in [0, 0.05) is 32.9 Å². The van der Waals surface area contributed by atoms with Crippen molar-refractivity contribution in [2.24, 2.45) is 7.05 Å². The van der Waals surface area contributed by atoms with Crippen LogP contribution in [-0.2, 0) is 23.1 Å². The third-order valence-corrected chi connectivity index (χ3v) is 3.91. The van der Waals surface area contributed by atoms with Crippen molar-refractivity contribution < 1.29 is 14.3 Å². The minimum absolute atomic E-state index is 0.00655. The average Bonchev–Trinajstić information content (AvgIpc) is 3.06. The lowest BCUT2D eigenvalue weighted by atomic mass is 10.2. The van der Waals surface area contributed by atoms with Crippen LogP contribution in [0.15, 0.2) is 24.5 Å². The number of nitrogens with zero attached hydrogens (tertiary/aromatic N) is 5. The maximum absolute atomic E-state index is 12.0. The van der Waals surface area contributed by atoms with E-state index < -0.39 is 0 Å². The summed E-state index contributed by atoms with van der Waals surface area (Å²) in [5.41, 5.74) is 1.02. The van der Waals surface area contributed by atoms with Crippen LogP contribution in [0.25, 0.3) is 0 Å². The van der Waals surface area contributed by atoms with Gasteiger partial charge in [-0.1, -0.05) is 0 Å². The molecule has 0 aliphatic carbocycles. The van der Waals surface area contributed by atoms with Crippen LogP contribution in [0.4, 0.5) is 0 Å². The molecule has 0 radical (unpaired) electrons. The van der Waals surface area contributed by atoms with Gasteiger partial charge in [-0.3, -0.25) is 14.3 Å². The van der Waals surface area contributed by atoms with E-state index in [1.54, 1.807) is 41.2 Å². The number of amides is 2.